The minimum absolute atomic E-state index is 0.0951. The van der Waals surface area contributed by atoms with E-state index < -0.39 is 0 Å². The quantitative estimate of drug-likeness (QED) is 0.272. The van der Waals surface area contributed by atoms with Crippen LogP contribution in [0.1, 0.15) is 26.6 Å². The van der Waals surface area contributed by atoms with E-state index in [1.165, 1.54) is 28.0 Å². The van der Waals surface area contributed by atoms with E-state index in [2.05, 4.69) is 5.32 Å². The van der Waals surface area contributed by atoms with Gasteiger partial charge in [-0.05, 0) is 36.6 Å². The number of nitrogens with one attached hydrogen (secondary N) is 1. The van der Waals surface area contributed by atoms with Crippen molar-refractivity contribution in [1.29, 1.82) is 0 Å². The van der Waals surface area contributed by atoms with Crippen LogP contribution in [0.3, 0.4) is 0 Å². The smallest absolute Gasteiger partial charge is 0.263 e. The van der Waals surface area contributed by atoms with Gasteiger partial charge in [0.2, 0.25) is 5.91 Å². The number of fused-ring (bicyclic) bond motifs is 1. The van der Waals surface area contributed by atoms with E-state index in [4.69, 9.17) is 9.40 Å². The number of rotatable bonds is 9. The molecule has 10 heteroatoms. The summed E-state index contributed by atoms with van der Waals surface area (Å²) in [5, 5.41) is 3.72. The lowest BCUT2D eigenvalue weighted by Crippen LogP contribution is -2.27. The van der Waals surface area contributed by atoms with Crippen LogP contribution in [0.25, 0.3) is 10.2 Å². The number of aryl methyl sites for hydroxylation is 2. The number of furan rings is 1. The zero-order valence-electron chi connectivity index (χ0n) is 19.7. The molecule has 182 valence electrons. The van der Waals surface area contributed by atoms with Gasteiger partial charge in [0, 0.05) is 20.6 Å². The van der Waals surface area contributed by atoms with Crippen molar-refractivity contribution in [2.45, 2.75) is 31.6 Å². The number of hydrogen-bond donors (Lipinski definition) is 1. The molecule has 0 aliphatic rings. The largest absolute Gasteiger partial charge is 0.467 e. The first kappa shape index (κ1) is 24.7. The van der Waals surface area contributed by atoms with Gasteiger partial charge in [-0.2, -0.15) is 0 Å². The van der Waals surface area contributed by atoms with Crippen LogP contribution in [0.4, 0.5) is 0 Å². The fourth-order valence-corrected chi connectivity index (χ4v) is 5.68. The SMILES string of the molecule is Cc1c(C(=O)N(C)C)sc2nc(SCC(=O)NCc3ccco3)n(CCc3ccccc3)c(=O)c12. The molecule has 2 amide bonds. The first-order valence-corrected chi connectivity index (χ1v) is 12.9. The summed E-state index contributed by atoms with van der Waals surface area (Å²) >= 11 is 2.42. The monoisotopic (exact) mass is 510 g/mol. The molecule has 0 aliphatic carbocycles. The Labute approximate surface area is 211 Å². The number of thioether (sulfide) groups is 1. The highest BCUT2D eigenvalue weighted by atomic mass is 32.2. The third kappa shape index (κ3) is 5.66. The summed E-state index contributed by atoms with van der Waals surface area (Å²) in [6, 6.07) is 13.4. The van der Waals surface area contributed by atoms with Crippen LogP contribution >= 0.6 is 23.1 Å². The Morgan fingerprint density at radius 2 is 1.94 bits per heavy atom. The van der Waals surface area contributed by atoms with Crippen molar-refractivity contribution < 1.29 is 14.0 Å². The zero-order valence-corrected chi connectivity index (χ0v) is 21.4. The van der Waals surface area contributed by atoms with Gasteiger partial charge in [-0.25, -0.2) is 4.98 Å². The summed E-state index contributed by atoms with van der Waals surface area (Å²) in [4.78, 5) is 45.9. The average molecular weight is 511 g/mol. The van der Waals surface area contributed by atoms with Crippen molar-refractivity contribution >= 4 is 45.1 Å². The number of hydrogen-bond acceptors (Lipinski definition) is 7. The second-order valence-electron chi connectivity index (χ2n) is 8.17. The Morgan fingerprint density at radius 3 is 2.63 bits per heavy atom. The highest BCUT2D eigenvalue weighted by Crippen LogP contribution is 2.30. The lowest BCUT2D eigenvalue weighted by Gasteiger charge is -2.12. The Kier molecular flexibility index (Phi) is 7.72. The summed E-state index contributed by atoms with van der Waals surface area (Å²) < 4.78 is 6.86. The Bertz CT molecular complexity index is 1390. The van der Waals surface area contributed by atoms with Gasteiger partial charge < -0.3 is 14.6 Å². The van der Waals surface area contributed by atoms with Crippen LogP contribution in [-0.4, -0.2) is 46.1 Å². The highest BCUT2D eigenvalue weighted by Gasteiger charge is 2.23. The average Bonchev–Trinajstić information content (AvgIpc) is 3.49. The zero-order chi connectivity index (χ0) is 24.9. The molecule has 1 aromatic carbocycles. The van der Waals surface area contributed by atoms with Crippen molar-refractivity contribution in [3.8, 4) is 0 Å². The molecule has 1 N–H and O–H groups in total. The van der Waals surface area contributed by atoms with E-state index >= 15 is 0 Å². The van der Waals surface area contributed by atoms with Gasteiger partial charge in [-0.15, -0.1) is 11.3 Å². The molecule has 35 heavy (non-hydrogen) atoms. The summed E-state index contributed by atoms with van der Waals surface area (Å²) in [5.41, 5.74) is 1.54. The molecule has 0 aliphatic heterocycles. The van der Waals surface area contributed by atoms with Gasteiger partial charge in [-0.3, -0.25) is 19.0 Å². The van der Waals surface area contributed by atoms with Crippen LogP contribution in [0, 0.1) is 6.92 Å². The molecule has 0 spiro atoms. The molecule has 0 atom stereocenters. The second kappa shape index (κ2) is 10.9. The molecule has 4 aromatic rings. The van der Waals surface area contributed by atoms with Gasteiger partial charge in [0.1, 0.15) is 10.6 Å². The third-order valence-electron chi connectivity index (χ3n) is 5.45. The molecule has 0 saturated carbocycles. The van der Waals surface area contributed by atoms with Crippen molar-refractivity contribution in [3.05, 3.63) is 80.8 Å². The van der Waals surface area contributed by atoms with E-state index in [0.29, 0.717) is 51.1 Å². The Hall–Kier alpha value is -3.37. The second-order valence-corrected chi connectivity index (χ2v) is 10.1. The van der Waals surface area contributed by atoms with Gasteiger partial charge in [0.05, 0.1) is 28.8 Å². The fraction of sp³-hybridized carbons (Fsp3) is 0.280. The minimum atomic E-state index is -0.198. The topological polar surface area (TPSA) is 97.4 Å². The van der Waals surface area contributed by atoms with Gasteiger partial charge in [0.15, 0.2) is 5.16 Å². The van der Waals surface area contributed by atoms with E-state index in [1.807, 2.05) is 30.3 Å². The Morgan fingerprint density at radius 1 is 1.17 bits per heavy atom. The van der Waals surface area contributed by atoms with Gasteiger partial charge >= 0.3 is 0 Å². The molecule has 0 unspecified atom stereocenters. The maximum Gasteiger partial charge on any atom is 0.263 e. The first-order valence-electron chi connectivity index (χ1n) is 11.1. The number of carbonyl (C=O) groups excluding carboxylic acids is 2. The maximum absolute atomic E-state index is 13.6. The van der Waals surface area contributed by atoms with E-state index in [1.54, 1.807) is 44.0 Å². The van der Waals surface area contributed by atoms with Crippen LogP contribution in [0.15, 0.2) is 63.1 Å². The lowest BCUT2D eigenvalue weighted by atomic mass is 10.1. The minimum Gasteiger partial charge on any atom is -0.467 e. The lowest BCUT2D eigenvalue weighted by molar-refractivity contribution is -0.118. The Balaban J connectivity index is 1.63. The number of carbonyl (C=O) groups is 2. The predicted octanol–water partition coefficient (Wildman–Crippen LogP) is 3.71. The van der Waals surface area contributed by atoms with Crippen LogP contribution in [0.2, 0.25) is 0 Å². The van der Waals surface area contributed by atoms with Gasteiger partial charge in [-0.1, -0.05) is 42.1 Å². The summed E-state index contributed by atoms with van der Waals surface area (Å²) in [6.07, 6.45) is 2.19. The molecular weight excluding hydrogens is 484 g/mol. The molecule has 4 rings (SSSR count). The standard InChI is InChI=1S/C25H26N4O4S2/c1-16-20-22(35-21(16)24(32)28(2)3)27-25(34-15-19(30)26-14-18-10-7-13-33-18)29(23(20)31)12-11-17-8-5-4-6-9-17/h4-10,13H,11-12,14-15H2,1-3H3,(H,26,30). The van der Waals surface area contributed by atoms with Crippen molar-refractivity contribution in [3.63, 3.8) is 0 Å². The number of amides is 2. The van der Waals surface area contributed by atoms with Gasteiger partial charge in [0.25, 0.3) is 11.5 Å². The fourth-order valence-electron chi connectivity index (χ4n) is 3.58. The van der Waals surface area contributed by atoms with E-state index in [0.717, 1.165) is 5.56 Å². The molecule has 0 fully saturated rings. The maximum atomic E-state index is 13.6. The van der Waals surface area contributed by atoms with Crippen LogP contribution < -0.4 is 10.9 Å². The van der Waals surface area contributed by atoms with Crippen LogP contribution in [0.5, 0.6) is 0 Å². The normalized spacial score (nSPS) is 11.1. The number of nitrogens with zero attached hydrogens (tertiary/aromatic N) is 3. The molecule has 0 radical (unpaired) electrons. The molecule has 0 bridgehead atoms. The first-order chi connectivity index (χ1) is 16.8. The molecular formula is C25H26N4O4S2. The van der Waals surface area contributed by atoms with Crippen molar-refractivity contribution in [1.82, 2.24) is 19.8 Å². The molecule has 3 heterocycles. The predicted molar refractivity (Wildman–Crippen MR) is 138 cm³/mol. The summed E-state index contributed by atoms with van der Waals surface area (Å²) in [6.45, 7) is 2.49. The van der Waals surface area contributed by atoms with E-state index in [9.17, 15) is 14.4 Å². The van der Waals surface area contributed by atoms with E-state index in [-0.39, 0.29) is 23.1 Å². The number of thiophene rings is 1. The van der Waals surface area contributed by atoms with Crippen molar-refractivity contribution in [2.75, 3.05) is 19.8 Å². The van der Waals surface area contributed by atoms with Crippen molar-refractivity contribution in [2.24, 2.45) is 0 Å². The highest BCUT2D eigenvalue weighted by molar-refractivity contribution is 7.99. The molecule has 3 aromatic heterocycles. The number of benzene rings is 1. The van der Waals surface area contributed by atoms with Crippen LogP contribution in [-0.2, 0) is 24.3 Å². The molecule has 0 saturated heterocycles. The summed E-state index contributed by atoms with van der Waals surface area (Å²) in [7, 11) is 3.36. The third-order valence-corrected chi connectivity index (χ3v) is 7.60. The molecule has 8 nitrogen and oxygen atoms in total. The number of aromatic nitrogens is 2. The summed E-state index contributed by atoms with van der Waals surface area (Å²) in [5.74, 6) is 0.404.